The van der Waals surface area contributed by atoms with Crippen LogP contribution in [0.25, 0.3) is 0 Å². The lowest BCUT2D eigenvalue weighted by molar-refractivity contribution is -0.0855. The van der Waals surface area contributed by atoms with Crippen molar-refractivity contribution in [3.8, 4) is 0 Å². The van der Waals surface area contributed by atoms with Gasteiger partial charge in [0.1, 0.15) is 11.0 Å². The summed E-state index contributed by atoms with van der Waals surface area (Å²) in [5, 5.41) is 6.12. The van der Waals surface area contributed by atoms with Gasteiger partial charge in [-0.05, 0) is 19.1 Å². The molecule has 1 unspecified atom stereocenters. The van der Waals surface area contributed by atoms with Crippen molar-refractivity contribution in [2.45, 2.75) is 13.0 Å². The van der Waals surface area contributed by atoms with Gasteiger partial charge in [-0.15, -0.1) is 0 Å². The van der Waals surface area contributed by atoms with Crippen molar-refractivity contribution in [1.82, 2.24) is 10.3 Å². The number of carbonyl (C=O) groups excluding carboxylic acids is 1. The summed E-state index contributed by atoms with van der Waals surface area (Å²) in [4.78, 5) is 16.2. The molecule has 1 saturated heterocycles. The van der Waals surface area contributed by atoms with Crippen molar-refractivity contribution >= 4 is 23.3 Å². The number of nitrogens with zero attached hydrogens (tertiary/aromatic N) is 1. The summed E-state index contributed by atoms with van der Waals surface area (Å²) in [6.07, 6.45) is -0.0988. The Balaban J connectivity index is 1.93. The molecule has 1 aromatic heterocycles. The second kappa shape index (κ2) is 7.42. The molecule has 0 spiro atoms. The minimum Gasteiger partial charge on any atom is -0.376 e. The van der Waals surface area contributed by atoms with E-state index in [2.05, 4.69) is 15.6 Å². The normalized spacial score (nSPS) is 18.6. The fraction of sp³-hybridized carbons (Fsp3) is 0.538. The largest absolute Gasteiger partial charge is 0.376 e. The summed E-state index contributed by atoms with van der Waals surface area (Å²) < 4.78 is 10.7. The summed E-state index contributed by atoms with van der Waals surface area (Å²) in [6, 6.07) is 3.21. The van der Waals surface area contributed by atoms with Crippen LogP contribution in [0.3, 0.4) is 0 Å². The number of carbonyl (C=O) groups is 1. The zero-order valence-corrected chi connectivity index (χ0v) is 12.1. The summed E-state index contributed by atoms with van der Waals surface area (Å²) in [6.45, 7) is 4.74. The van der Waals surface area contributed by atoms with Gasteiger partial charge in [0.15, 0.2) is 0 Å². The highest BCUT2D eigenvalue weighted by molar-refractivity contribution is 6.29. The molecular formula is C13H18ClN3O3. The molecule has 1 aromatic rings. The molecule has 1 fully saturated rings. The van der Waals surface area contributed by atoms with Crippen molar-refractivity contribution in [3.63, 3.8) is 0 Å². The van der Waals surface area contributed by atoms with Crippen molar-refractivity contribution in [2.75, 3.05) is 38.2 Å². The topological polar surface area (TPSA) is 72.5 Å². The minimum absolute atomic E-state index is 0.0988. The Hall–Kier alpha value is -1.37. The molecule has 0 bridgehead atoms. The molecule has 1 amide bonds. The molecule has 1 aliphatic heterocycles. The average Bonchev–Trinajstić information content (AvgIpc) is 2.45. The molecule has 1 aliphatic rings. The van der Waals surface area contributed by atoms with Crippen LogP contribution in [0.4, 0.5) is 5.82 Å². The zero-order chi connectivity index (χ0) is 14.4. The standard InChI is InChI=1S/C13H18ClN3O3/c1-2-15-12-6-9(5-11(14)17-12)13(18)16-7-10-8-19-3-4-20-10/h5-6,10H,2-4,7-8H2,1H3,(H,15,17)(H,16,18). The number of nitrogens with one attached hydrogen (secondary N) is 2. The lowest BCUT2D eigenvalue weighted by atomic mass is 10.2. The predicted octanol–water partition coefficient (Wildman–Crippen LogP) is 1.31. The van der Waals surface area contributed by atoms with E-state index >= 15 is 0 Å². The summed E-state index contributed by atoms with van der Waals surface area (Å²) in [5.74, 6) is 0.380. The van der Waals surface area contributed by atoms with Crippen molar-refractivity contribution in [1.29, 1.82) is 0 Å². The molecule has 2 rings (SSSR count). The first-order valence-corrected chi connectivity index (χ1v) is 6.96. The Labute approximate surface area is 122 Å². The SMILES string of the molecule is CCNc1cc(C(=O)NCC2COCCO2)cc(Cl)n1. The lowest BCUT2D eigenvalue weighted by Gasteiger charge is -2.23. The summed E-state index contributed by atoms with van der Waals surface area (Å²) in [5.41, 5.74) is 0.470. The third kappa shape index (κ3) is 4.33. The smallest absolute Gasteiger partial charge is 0.251 e. The molecule has 110 valence electrons. The second-order valence-corrected chi connectivity index (χ2v) is 4.76. The molecule has 0 aliphatic carbocycles. The molecule has 0 saturated carbocycles. The van der Waals surface area contributed by atoms with E-state index < -0.39 is 0 Å². The van der Waals surface area contributed by atoms with E-state index in [1.165, 1.54) is 6.07 Å². The van der Waals surface area contributed by atoms with Crippen LogP contribution in [0.1, 0.15) is 17.3 Å². The first-order chi connectivity index (χ1) is 9.69. The van der Waals surface area contributed by atoms with Gasteiger partial charge in [-0.2, -0.15) is 0 Å². The number of halogens is 1. The monoisotopic (exact) mass is 299 g/mol. The summed E-state index contributed by atoms with van der Waals surface area (Å²) in [7, 11) is 0. The van der Waals surface area contributed by atoms with E-state index in [9.17, 15) is 4.79 Å². The molecule has 20 heavy (non-hydrogen) atoms. The Morgan fingerprint density at radius 1 is 1.50 bits per heavy atom. The Bertz CT molecular complexity index is 464. The first kappa shape index (κ1) is 15.0. The second-order valence-electron chi connectivity index (χ2n) is 4.37. The third-order valence-electron chi connectivity index (χ3n) is 2.79. The fourth-order valence-electron chi connectivity index (χ4n) is 1.86. The molecule has 6 nitrogen and oxygen atoms in total. The van der Waals surface area contributed by atoms with Crippen LogP contribution in [0, 0.1) is 0 Å². The summed E-state index contributed by atoms with van der Waals surface area (Å²) >= 11 is 5.90. The maximum absolute atomic E-state index is 12.1. The van der Waals surface area contributed by atoms with Crippen molar-refractivity contribution in [3.05, 3.63) is 22.8 Å². The molecule has 2 heterocycles. The van der Waals surface area contributed by atoms with Crippen molar-refractivity contribution in [2.24, 2.45) is 0 Å². The van der Waals surface area contributed by atoms with Gasteiger partial charge < -0.3 is 20.1 Å². The van der Waals surface area contributed by atoms with Crippen LogP contribution in [0.5, 0.6) is 0 Å². The van der Waals surface area contributed by atoms with Gasteiger partial charge in [0, 0.05) is 18.7 Å². The van der Waals surface area contributed by atoms with Crippen LogP contribution in [0.2, 0.25) is 5.15 Å². The number of ether oxygens (including phenoxy) is 2. The molecule has 7 heteroatoms. The van der Waals surface area contributed by atoms with Gasteiger partial charge in [-0.3, -0.25) is 4.79 Å². The zero-order valence-electron chi connectivity index (χ0n) is 11.3. The van der Waals surface area contributed by atoms with Crippen LogP contribution >= 0.6 is 11.6 Å². The van der Waals surface area contributed by atoms with Gasteiger partial charge in [0.2, 0.25) is 0 Å². The van der Waals surface area contributed by atoms with Gasteiger partial charge in [-0.25, -0.2) is 4.98 Å². The Morgan fingerprint density at radius 3 is 3.05 bits per heavy atom. The van der Waals surface area contributed by atoms with E-state index in [4.69, 9.17) is 21.1 Å². The van der Waals surface area contributed by atoms with Crippen molar-refractivity contribution < 1.29 is 14.3 Å². The number of pyridine rings is 1. The van der Waals surface area contributed by atoms with Gasteiger partial charge in [0.05, 0.1) is 25.9 Å². The van der Waals surface area contributed by atoms with E-state index in [-0.39, 0.29) is 17.2 Å². The van der Waals surface area contributed by atoms with E-state index in [1.54, 1.807) is 6.07 Å². The maximum atomic E-state index is 12.1. The molecule has 0 radical (unpaired) electrons. The predicted molar refractivity (Wildman–Crippen MR) is 76.3 cm³/mol. The average molecular weight is 300 g/mol. The lowest BCUT2D eigenvalue weighted by Crippen LogP contribution is -2.39. The van der Waals surface area contributed by atoms with Gasteiger partial charge in [-0.1, -0.05) is 11.6 Å². The van der Waals surface area contributed by atoms with E-state index in [0.29, 0.717) is 44.3 Å². The Kier molecular flexibility index (Phi) is 5.58. The maximum Gasteiger partial charge on any atom is 0.251 e. The van der Waals surface area contributed by atoms with E-state index in [1.807, 2.05) is 6.92 Å². The first-order valence-electron chi connectivity index (χ1n) is 6.58. The van der Waals surface area contributed by atoms with Gasteiger partial charge >= 0.3 is 0 Å². The number of amides is 1. The highest BCUT2D eigenvalue weighted by atomic mass is 35.5. The van der Waals surface area contributed by atoms with Gasteiger partial charge in [0.25, 0.3) is 5.91 Å². The fourth-order valence-corrected chi connectivity index (χ4v) is 2.07. The highest BCUT2D eigenvalue weighted by Crippen LogP contribution is 2.14. The number of hydrogen-bond donors (Lipinski definition) is 2. The van der Waals surface area contributed by atoms with Crippen LogP contribution in [-0.2, 0) is 9.47 Å². The van der Waals surface area contributed by atoms with E-state index in [0.717, 1.165) is 0 Å². The van der Waals surface area contributed by atoms with Crippen LogP contribution in [0.15, 0.2) is 12.1 Å². The minimum atomic E-state index is -0.206. The number of aromatic nitrogens is 1. The molecular weight excluding hydrogens is 282 g/mol. The highest BCUT2D eigenvalue weighted by Gasteiger charge is 2.16. The van der Waals surface area contributed by atoms with Crippen LogP contribution < -0.4 is 10.6 Å². The van der Waals surface area contributed by atoms with Crippen LogP contribution in [-0.4, -0.2) is 49.9 Å². The number of anilines is 1. The Morgan fingerprint density at radius 2 is 2.35 bits per heavy atom. The quantitative estimate of drug-likeness (QED) is 0.802. The number of hydrogen-bond acceptors (Lipinski definition) is 5. The third-order valence-corrected chi connectivity index (χ3v) is 2.98. The number of rotatable bonds is 5. The molecule has 0 aromatic carbocycles. The molecule has 2 N–H and O–H groups in total. The molecule has 1 atom stereocenters.